The molecular weight excluding hydrogens is 196 g/mol. The number of hydrogen-bond acceptors (Lipinski definition) is 4. The molecular formula is C10H12N2O3. The van der Waals surface area contributed by atoms with E-state index < -0.39 is 5.97 Å². The first kappa shape index (κ1) is 8.88. The Kier molecular flexibility index (Phi) is 1.81. The minimum atomic E-state index is -0.752. The third-order valence-corrected chi connectivity index (χ3v) is 3.31. The molecule has 0 radical (unpaired) electrons. The molecule has 0 bridgehead atoms. The predicted octanol–water partition coefficient (Wildman–Crippen LogP) is 1.53. The first-order valence-electron chi connectivity index (χ1n) is 5.32. The van der Waals surface area contributed by atoms with Gasteiger partial charge in [-0.1, -0.05) is 5.16 Å². The van der Waals surface area contributed by atoms with Crippen molar-refractivity contribution in [3.8, 4) is 0 Å². The summed E-state index contributed by atoms with van der Waals surface area (Å²) in [5.41, 5.74) is 0. The number of aromatic nitrogens is 2. The molecule has 0 saturated heterocycles. The molecule has 3 rings (SSSR count). The van der Waals surface area contributed by atoms with Crippen LogP contribution < -0.4 is 0 Å². The fraction of sp³-hybridized carbons (Fsp3) is 0.700. The largest absolute Gasteiger partial charge is 0.481 e. The van der Waals surface area contributed by atoms with Crippen LogP contribution in [0.3, 0.4) is 0 Å². The van der Waals surface area contributed by atoms with Crippen LogP contribution in [-0.4, -0.2) is 21.2 Å². The van der Waals surface area contributed by atoms with Gasteiger partial charge in [0.2, 0.25) is 5.89 Å². The Balaban J connectivity index is 1.77. The Labute approximate surface area is 86.5 Å². The predicted molar refractivity (Wildman–Crippen MR) is 49.4 cm³/mol. The Morgan fingerprint density at radius 3 is 2.67 bits per heavy atom. The van der Waals surface area contributed by atoms with Crippen molar-refractivity contribution in [1.29, 1.82) is 0 Å². The zero-order valence-electron chi connectivity index (χ0n) is 8.22. The van der Waals surface area contributed by atoms with Crippen LogP contribution in [0, 0.1) is 5.92 Å². The highest BCUT2D eigenvalue weighted by molar-refractivity contribution is 5.72. The SMILES string of the molecule is O=C(O)C1CCC1c1nc(C2CC2)no1. The average molecular weight is 208 g/mol. The van der Waals surface area contributed by atoms with Crippen molar-refractivity contribution in [3.05, 3.63) is 11.7 Å². The average Bonchev–Trinajstić information content (AvgIpc) is 2.85. The standard InChI is InChI=1S/C10H12N2O3/c13-10(14)7-4-3-6(7)9-11-8(12-15-9)5-1-2-5/h5-7H,1-4H2,(H,13,14). The number of hydrogen-bond donors (Lipinski definition) is 1. The quantitative estimate of drug-likeness (QED) is 0.815. The number of carbonyl (C=O) groups is 1. The second-order valence-corrected chi connectivity index (χ2v) is 4.39. The van der Waals surface area contributed by atoms with Crippen molar-refractivity contribution >= 4 is 5.97 Å². The smallest absolute Gasteiger partial charge is 0.307 e. The second kappa shape index (κ2) is 3.05. The molecule has 2 unspecified atom stereocenters. The van der Waals surface area contributed by atoms with Gasteiger partial charge in [-0.3, -0.25) is 4.79 Å². The van der Waals surface area contributed by atoms with Crippen LogP contribution >= 0.6 is 0 Å². The molecule has 0 spiro atoms. The van der Waals surface area contributed by atoms with Gasteiger partial charge in [-0.25, -0.2) is 0 Å². The van der Waals surface area contributed by atoms with E-state index >= 15 is 0 Å². The van der Waals surface area contributed by atoms with Crippen LogP contribution in [0.2, 0.25) is 0 Å². The fourth-order valence-corrected chi connectivity index (χ4v) is 2.00. The summed E-state index contributed by atoms with van der Waals surface area (Å²) in [6, 6.07) is 0. The van der Waals surface area contributed by atoms with Crippen LogP contribution in [0.1, 0.15) is 49.2 Å². The van der Waals surface area contributed by atoms with Gasteiger partial charge in [0.15, 0.2) is 5.82 Å². The van der Waals surface area contributed by atoms with Crippen LogP contribution in [0.5, 0.6) is 0 Å². The molecule has 0 aromatic carbocycles. The van der Waals surface area contributed by atoms with Gasteiger partial charge in [0.05, 0.1) is 11.8 Å². The second-order valence-electron chi connectivity index (χ2n) is 4.39. The molecule has 5 nitrogen and oxygen atoms in total. The molecule has 2 aliphatic rings. The summed E-state index contributed by atoms with van der Waals surface area (Å²) in [5.74, 6) is 0.625. The summed E-state index contributed by atoms with van der Waals surface area (Å²) >= 11 is 0. The molecule has 5 heteroatoms. The molecule has 0 aliphatic heterocycles. The normalized spacial score (nSPS) is 29.9. The summed E-state index contributed by atoms with van der Waals surface area (Å²) in [7, 11) is 0. The molecule has 1 heterocycles. The Morgan fingerprint density at radius 2 is 2.13 bits per heavy atom. The Morgan fingerprint density at radius 1 is 1.33 bits per heavy atom. The fourth-order valence-electron chi connectivity index (χ4n) is 2.00. The summed E-state index contributed by atoms with van der Waals surface area (Å²) in [5, 5.41) is 12.8. The van der Waals surface area contributed by atoms with E-state index in [0.717, 1.165) is 31.5 Å². The summed E-state index contributed by atoms with van der Waals surface area (Å²) in [4.78, 5) is 15.1. The third-order valence-electron chi connectivity index (χ3n) is 3.31. The summed E-state index contributed by atoms with van der Waals surface area (Å²) in [6.07, 6.45) is 3.84. The number of nitrogens with zero attached hydrogens (tertiary/aromatic N) is 2. The molecule has 2 fully saturated rings. The lowest BCUT2D eigenvalue weighted by Gasteiger charge is -2.29. The Bertz CT molecular complexity index is 397. The number of carboxylic acids is 1. The van der Waals surface area contributed by atoms with Gasteiger partial charge < -0.3 is 9.63 Å². The molecule has 80 valence electrons. The molecule has 1 N–H and O–H groups in total. The van der Waals surface area contributed by atoms with Crippen molar-refractivity contribution in [1.82, 2.24) is 10.1 Å². The molecule has 2 aliphatic carbocycles. The van der Waals surface area contributed by atoms with Gasteiger partial charge in [0.1, 0.15) is 0 Å². The van der Waals surface area contributed by atoms with E-state index in [4.69, 9.17) is 9.63 Å². The van der Waals surface area contributed by atoms with Crippen LogP contribution in [0.15, 0.2) is 4.52 Å². The molecule has 1 aromatic rings. The maximum absolute atomic E-state index is 10.8. The minimum absolute atomic E-state index is 0.0532. The van der Waals surface area contributed by atoms with E-state index in [1.54, 1.807) is 0 Å². The van der Waals surface area contributed by atoms with Crippen molar-refractivity contribution in [2.75, 3.05) is 0 Å². The van der Waals surface area contributed by atoms with Crippen molar-refractivity contribution in [3.63, 3.8) is 0 Å². The number of aliphatic carboxylic acids is 1. The van der Waals surface area contributed by atoms with Gasteiger partial charge >= 0.3 is 5.97 Å². The highest BCUT2D eigenvalue weighted by Gasteiger charge is 2.42. The van der Waals surface area contributed by atoms with Crippen LogP contribution in [-0.2, 0) is 4.79 Å². The van der Waals surface area contributed by atoms with Crippen molar-refractivity contribution in [2.45, 2.75) is 37.5 Å². The Hall–Kier alpha value is -1.39. The lowest BCUT2D eigenvalue weighted by Crippen LogP contribution is -2.31. The number of rotatable bonds is 3. The van der Waals surface area contributed by atoms with E-state index in [0.29, 0.717) is 11.8 Å². The molecule has 15 heavy (non-hydrogen) atoms. The van der Waals surface area contributed by atoms with Gasteiger partial charge in [-0.05, 0) is 25.7 Å². The lowest BCUT2D eigenvalue weighted by molar-refractivity contribution is -0.146. The van der Waals surface area contributed by atoms with E-state index in [-0.39, 0.29) is 11.8 Å². The zero-order valence-corrected chi connectivity index (χ0v) is 8.22. The minimum Gasteiger partial charge on any atom is -0.481 e. The maximum Gasteiger partial charge on any atom is 0.307 e. The number of carboxylic acid groups (broad SMARTS) is 1. The summed E-state index contributed by atoms with van der Waals surface area (Å²) in [6.45, 7) is 0. The lowest BCUT2D eigenvalue weighted by atomic mass is 9.73. The maximum atomic E-state index is 10.8. The van der Waals surface area contributed by atoms with E-state index in [2.05, 4.69) is 10.1 Å². The van der Waals surface area contributed by atoms with E-state index in [1.165, 1.54) is 0 Å². The van der Waals surface area contributed by atoms with Crippen LogP contribution in [0.25, 0.3) is 0 Å². The molecule has 0 amide bonds. The zero-order chi connectivity index (χ0) is 10.4. The van der Waals surface area contributed by atoms with Crippen molar-refractivity contribution in [2.24, 2.45) is 5.92 Å². The first-order chi connectivity index (χ1) is 7.25. The van der Waals surface area contributed by atoms with E-state index in [9.17, 15) is 4.79 Å². The highest BCUT2D eigenvalue weighted by Crippen LogP contribution is 2.44. The monoisotopic (exact) mass is 208 g/mol. The molecule has 2 saturated carbocycles. The first-order valence-corrected chi connectivity index (χ1v) is 5.32. The third kappa shape index (κ3) is 1.42. The van der Waals surface area contributed by atoms with Crippen LogP contribution in [0.4, 0.5) is 0 Å². The van der Waals surface area contributed by atoms with Crippen molar-refractivity contribution < 1.29 is 14.4 Å². The summed E-state index contributed by atoms with van der Waals surface area (Å²) < 4.78 is 5.13. The topological polar surface area (TPSA) is 76.2 Å². The van der Waals surface area contributed by atoms with Gasteiger partial charge in [0.25, 0.3) is 0 Å². The highest BCUT2D eigenvalue weighted by atomic mass is 16.5. The van der Waals surface area contributed by atoms with Gasteiger partial charge in [-0.15, -0.1) is 0 Å². The molecule has 2 atom stereocenters. The van der Waals surface area contributed by atoms with Gasteiger partial charge in [-0.2, -0.15) is 4.98 Å². The van der Waals surface area contributed by atoms with E-state index in [1.807, 2.05) is 0 Å². The van der Waals surface area contributed by atoms with Gasteiger partial charge in [0, 0.05) is 5.92 Å². The molecule has 1 aromatic heterocycles.